The van der Waals surface area contributed by atoms with Crippen LogP contribution in [0.1, 0.15) is 32.0 Å². The van der Waals surface area contributed by atoms with Crippen molar-refractivity contribution in [3.63, 3.8) is 0 Å². The van der Waals surface area contributed by atoms with Crippen LogP contribution in [0.3, 0.4) is 0 Å². The van der Waals surface area contributed by atoms with Gasteiger partial charge in [-0.2, -0.15) is 0 Å². The van der Waals surface area contributed by atoms with Gasteiger partial charge in [0.05, 0.1) is 39.0 Å². The van der Waals surface area contributed by atoms with Gasteiger partial charge in [-0.15, -0.1) is 0 Å². The first-order valence-electron chi connectivity index (χ1n) is 9.28. The summed E-state index contributed by atoms with van der Waals surface area (Å²) >= 11 is 0. The van der Waals surface area contributed by atoms with E-state index in [1.165, 1.54) is 20.3 Å². The van der Waals surface area contributed by atoms with E-state index >= 15 is 0 Å². The molecule has 7 nitrogen and oxygen atoms in total. The number of carbonyl (C=O) groups excluding carboxylic acids is 2. The fourth-order valence-electron chi connectivity index (χ4n) is 2.94. The molecule has 0 spiro atoms. The molecule has 0 saturated heterocycles. The van der Waals surface area contributed by atoms with E-state index in [1.807, 2.05) is 30.3 Å². The molecular weight excluding hydrogens is 386 g/mol. The van der Waals surface area contributed by atoms with Crippen LogP contribution in [0.15, 0.2) is 59.0 Å². The Morgan fingerprint density at radius 2 is 1.47 bits per heavy atom. The van der Waals surface area contributed by atoms with Gasteiger partial charge in [-0.25, -0.2) is 9.59 Å². The van der Waals surface area contributed by atoms with Crippen molar-refractivity contribution in [3.05, 3.63) is 77.0 Å². The molecule has 2 aromatic carbocycles. The number of nitrogens with one attached hydrogen (secondary N) is 1. The highest BCUT2D eigenvalue weighted by atomic mass is 16.5. The van der Waals surface area contributed by atoms with E-state index in [0.717, 1.165) is 17.1 Å². The quantitative estimate of drug-likeness (QED) is 0.566. The molecule has 0 aliphatic rings. The molecule has 0 bridgehead atoms. The highest BCUT2D eigenvalue weighted by Gasteiger charge is 2.16. The molecule has 0 atom stereocenters. The fraction of sp³-hybridized carbons (Fsp3) is 0.217. The van der Waals surface area contributed by atoms with E-state index in [0.29, 0.717) is 24.4 Å². The number of methoxy groups -OCH3 is 3. The SMILES string of the molecule is COC(=O)c1cc(C(=O)OC)cc(-c2ccc(CNCc3ccc(OC)cc3)o2)c1. The average Bonchev–Trinajstić information content (AvgIpc) is 3.27. The molecule has 0 saturated carbocycles. The molecule has 0 amide bonds. The summed E-state index contributed by atoms with van der Waals surface area (Å²) in [5.74, 6) is 0.980. The maximum atomic E-state index is 12.0. The smallest absolute Gasteiger partial charge is 0.337 e. The van der Waals surface area contributed by atoms with Crippen LogP contribution in [-0.4, -0.2) is 33.3 Å². The molecule has 156 valence electrons. The molecule has 1 N–H and O–H groups in total. The number of carbonyl (C=O) groups is 2. The molecule has 0 fully saturated rings. The predicted molar refractivity (Wildman–Crippen MR) is 110 cm³/mol. The Morgan fingerprint density at radius 1 is 0.833 bits per heavy atom. The molecular formula is C23H23NO6. The van der Waals surface area contributed by atoms with Crippen molar-refractivity contribution in [2.45, 2.75) is 13.1 Å². The van der Waals surface area contributed by atoms with Crippen LogP contribution in [0.4, 0.5) is 0 Å². The Labute approximate surface area is 174 Å². The third-order valence-electron chi connectivity index (χ3n) is 4.51. The van der Waals surface area contributed by atoms with Gasteiger partial charge in [0, 0.05) is 12.1 Å². The monoisotopic (exact) mass is 409 g/mol. The van der Waals surface area contributed by atoms with Gasteiger partial charge in [0.2, 0.25) is 0 Å². The molecule has 0 unspecified atom stereocenters. The summed E-state index contributed by atoms with van der Waals surface area (Å²) in [6.07, 6.45) is 0. The minimum Gasteiger partial charge on any atom is -0.497 e. The zero-order valence-electron chi connectivity index (χ0n) is 17.1. The fourth-order valence-corrected chi connectivity index (χ4v) is 2.94. The Hall–Kier alpha value is -3.58. The molecule has 1 heterocycles. The van der Waals surface area contributed by atoms with E-state index in [1.54, 1.807) is 25.3 Å². The lowest BCUT2D eigenvalue weighted by atomic mass is 10.0. The van der Waals surface area contributed by atoms with Crippen LogP contribution in [0, 0.1) is 0 Å². The van der Waals surface area contributed by atoms with Crippen LogP contribution in [-0.2, 0) is 22.6 Å². The zero-order chi connectivity index (χ0) is 21.5. The Morgan fingerprint density at radius 3 is 2.03 bits per heavy atom. The van der Waals surface area contributed by atoms with E-state index in [2.05, 4.69) is 5.32 Å². The van der Waals surface area contributed by atoms with Gasteiger partial charge in [0.25, 0.3) is 0 Å². The maximum Gasteiger partial charge on any atom is 0.337 e. The summed E-state index contributed by atoms with van der Waals surface area (Å²) in [7, 11) is 4.20. The van der Waals surface area contributed by atoms with E-state index in [-0.39, 0.29) is 11.1 Å². The second-order valence-corrected chi connectivity index (χ2v) is 6.50. The third kappa shape index (κ3) is 5.07. The summed E-state index contributed by atoms with van der Waals surface area (Å²) in [6.45, 7) is 1.19. The van der Waals surface area contributed by atoms with Crippen molar-refractivity contribution in [1.29, 1.82) is 0 Å². The maximum absolute atomic E-state index is 12.0. The standard InChI is InChI=1S/C23H23NO6/c1-27-19-6-4-15(5-7-19)13-24-14-20-8-9-21(30-20)16-10-17(22(25)28-2)12-18(11-16)23(26)29-3/h4-12,24H,13-14H2,1-3H3. The van der Waals surface area contributed by atoms with Crippen molar-refractivity contribution < 1.29 is 28.2 Å². The van der Waals surface area contributed by atoms with Crippen molar-refractivity contribution in [3.8, 4) is 17.1 Å². The summed E-state index contributed by atoms with van der Waals surface area (Å²) in [4.78, 5) is 23.9. The lowest BCUT2D eigenvalue weighted by molar-refractivity contribution is 0.0599. The second kappa shape index (κ2) is 9.76. The molecule has 7 heteroatoms. The first-order chi connectivity index (χ1) is 14.5. The van der Waals surface area contributed by atoms with Crippen LogP contribution in [0.2, 0.25) is 0 Å². The second-order valence-electron chi connectivity index (χ2n) is 6.50. The van der Waals surface area contributed by atoms with Crippen molar-refractivity contribution in [1.82, 2.24) is 5.32 Å². The summed E-state index contributed by atoms with van der Waals surface area (Å²) in [5, 5.41) is 3.31. The number of ether oxygens (including phenoxy) is 3. The molecule has 0 aliphatic carbocycles. The van der Waals surface area contributed by atoms with Gasteiger partial charge in [0.15, 0.2) is 0 Å². The topological polar surface area (TPSA) is 87.0 Å². The average molecular weight is 409 g/mol. The summed E-state index contributed by atoms with van der Waals surface area (Å²) in [6, 6.07) is 16.1. The molecule has 1 aromatic heterocycles. The van der Waals surface area contributed by atoms with Crippen LogP contribution in [0.25, 0.3) is 11.3 Å². The zero-order valence-corrected chi connectivity index (χ0v) is 17.1. The number of furan rings is 1. The molecule has 3 rings (SSSR count). The molecule has 30 heavy (non-hydrogen) atoms. The first-order valence-corrected chi connectivity index (χ1v) is 9.28. The number of benzene rings is 2. The Bertz CT molecular complexity index is 988. The van der Waals surface area contributed by atoms with Gasteiger partial charge >= 0.3 is 11.9 Å². The van der Waals surface area contributed by atoms with E-state index < -0.39 is 11.9 Å². The summed E-state index contributed by atoms with van der Waals surface area (Å²) < 4.78 is 20.6. The van der Waals surface area contributed by atoms with Gasteiger partial charge < -0.3 is 23.9 Å². The third-order valence-corrected chi connectivity index (χ3v) is 4.51. The van der Waals surface area contributed by atoms with Gasteiger partial charge in [-0.1, -0.05) is 12.1 Å². The lowest BCUT2D eigenvalue weighted by Crippen LogP contribution is -2.11. The van der Waals surface area contributed by atoms with Crippen molar-refractivity contribution in [2.24, 2.45) is 0 Å². The number of hydrogen-bond donors (Lipinski definition) is 1. The Kier molecular flexibility index (Phi) is 6.87. The highest BCUT2D eigenvalue weighted by Crippen LogP contribution is 2.26. The van der Waals surface area contributed by atoms with Gasteiger partial charge in [0.1, 0.15) is 17.3 Å². The van der Waals surface area contributed by atoms with Crippen LogP contribution in [0.5, 0.6) is 5.75 Å². The number of hydrogen-bond acceptors (Lipinski definition) is 7. The first kappa shape index (κ1) is 21.1. The predicted octanol–water partition coefficient (Wildman–Crippen LogP) is 3.82. The minimum absolute atomic E-state index is 0.242. The van der Waals surface area contributed by atoms with Crippen molar-refractivity contribution >= 4 is 11.9 Å². The number of esters is 2. The van der Waals surface area contributed by atoms with Crippen LogP contribution < -0.4 is 10.1 Å². The highest BCUT2D eigenvalue weighted by molar-refractivity contribution is 5.97. The molecule has 0 radical (unpaired) electrons. The molecule has 0 aliphatic heterocycles. The van der Waals surface area contributed by atoms with Crippen LogP contribution >= 0.6 is 0 Å². The van der Waals surface area contributed by atoms with Crippen molar-refractivity contribution in [2.75, 3.05) is 21.3 Å². The minimum atomic E-state index is -0.546. The van der Waals surface area contributed by atoms with Gasteiger partial charge in [-0.05, 0) is 48.0 Å². The Balaban J connectivity index is 1.72. The van der Waals surface area contributed by atoms with Gasteiger partial charge in [-0.3, -0.25) is 0 Å². The summed E-state index contributed by atoms with van der Waals surface area (Å²) in [5.41, 5.74) is 2.19. The van der Waals surface area contributed by atoms with E-state index in [4.69, 9.17) is 18.6 Å². The number of rotatable bonds is 8. The van der Waals surface area contributed by atoms with E-state index in [9.17, 15) is 9.59 Å². The normalized spacial score (nSPS) is 10.5. The largest absolute Gasteiger partial charge is 0.497 e. The molecule has 3 aromatic rings. The lowest BCUT2D eigenvalue weighted by Gasteiger charge is -2.07.